The molecule has 0 aliphatic carbocycles. The molecule has 9 heteroatoms. The number of thioether (sulfide) groups is 1. The third-order valence-corrected chi connectivity index (χ3v) is 5.84. The van der Waals surface area contributed by atoms with Gasteiger partial charge in [-0.05, 0) is 37.1 Å². The number of hydrogen-bond acceptors (Lipinski definition) is 6. The van der Waals surface area contributed by atoms with Crippen molar-refractivity contribution in [1.29, 1.82) is 0 Å². The Labute approximate surface area is 190 Å². The number of amides is 1. The van der Waals surface area contributed by atoms with Crippen molar-refractivity contribution in [2.24, 2.45) is 0 Å². The highest BCUT2D eigenvalue weighted by atomic mass is 35.5. The molecular formula is C22H23ClN4O3S. The normalized spacial score (nSPS) is 10.7. The van der Waals surface area contributed by atoms with Crippen LogP contribution in [-0.2, 0) is 27.3 Å². The summed E-state index contributed by atoms with van der Waals surface area (Å²) in [7, 11) is 0. The Kier molecular flexibility index (Phi) is 8.08. The molecule has 0 saturated carbocycles. The summed E-state index contributed by atoms with van der Waals surface area (Å²) in [5.41, 5.74) is 2.52. The molecule has 0 saturated heterocycles. The molecule has 0 unspecified atom stereocenters. The molecule has 1 N–H and O–H groups in total. The molecule has 0 bridgehead atoms. The van der Waals surface area contributed by atoms with Crippen LogP contribution < -0.4 is 5.32 Å². The fraction of sp³-hybridized carbons (Fsp3) is 0.273. The molecule has 3 aromatic rings. The third-order valence-electron chi connectivity index (χ3n) is 4.46. The number of hydrogen-bond donors (Lipinski definition) is 1. The number of rotatable bonds is 9. The Morgan fingerprint density at radius 3 is 2.65 bits per heavy atom. The Balaban J connectivity index is 1.73. The van der Waals surface area contributed by atoms with Gasteiger partial charge in [0.15, 0.2) is 5.16 Å². The van der Waals surface area contributed by atoms with Crippen molar-refractivity contribution in [2.45, 2.75) is 32.0 Å². The van der Waals surface area contributed by atoms with Gasteiger partial charge in [0, 0.05) is 10.7 Å². The minimum absolute atomic E-state index is 0.0160. The van der Waals surface area contributed by atoms with Crippen molar-refractivity contribution < 1.29 is 14.3 Å². The van der Waals surface area contributed by atoms with Crippen molar-refractivity contribution >= 4 is 40.9 Å². The third kappa shape index (κ3) is 6.32. The molecule has 0 aliphatic heterocycles. The highest BCUT2D eigenvalue weighted by Gasteiger charge is 2.18. The van der Waals surface area contributed by atoms with E-state index >= 15 is 0 Å². The molecule has 0 spiro atoms. The quantitative estimate of drug-likeness (QED) is 0.383. The van der Waals surface area contributed by atoms with Crippen LogP contribution in [-0.4, -0.2) is 39.0 Å². The summed E-state index contributed by atoms with van der Waals surface area (Å²) in [5.74, 6) is 0.0839. The average Bonchev–Trinajstić information content (AvgIpc) is 3.12. The maximum atomic E-state index is 12.5. The first-order chi connectivity index (χ1) is 15.0. The van der Waals surface area contributed by atoms with E-state index in [-0.39, 0.29) is 24.1 Å². The van der Waals surface area contributed by atoms with E-state index in [1.54, 1.807) is 25.1 Å². The van der Waals surface area contributed by atoms with Gasteiger partial charge in [-0.2, -0.15) is 0 Å². The number of anilines is 1. The molecule has 1 amide bonds. The molecule has 2 aromatic carbocycles. The van der Waals surface area contributed by atoms with Crippen molar-refractivity contribution in [3.05, 3.63) is 70.5 Å². The zero-order valence-corrected chi connectivity index (χ0v) is 18.9. The summed E-state index contributed by atoms with van der Waals surface area (Å²) < 4.78 is 6.89. The first kappa shape index (κ1) is 22.8. The summed E-state index contributed by atoms with van der Waals surface area (Å²) in [5, 5.41) is 12.4. The molecule has 3 rings (SSSR count). The van der Waals surface area contributed by atoms with E-state index < -0.39 is 0 Å². The zero-order chi connectivity index (χ0) is 22.2. The first-order valence-electron chi connectivity index (χ1n) is 9.77. The smallest absolute Gasteiger partial charge is 0.313 e. The van der Waals surface area contributed by atoms with Gasteiger partial charge < -0.3 is 14.6 Å². The minimum Gasteiger partial charge on any atom is -0.466 e. The molecule has 1 aromatic heterocycles. The predicted molar refractivity (Wildman–Crippen MR) is 121 cm³/mol. The van der Waals surface area contributed by atoms with Gasteiger partial charge in [0.2, 0.25) is 5.91 Å². The van der Waals surface area contributed by atoms with Crippen LogP contribution in [0.1, 0.15) is 23.9 Å². The van der Waals surface area contributed by atoms with Crippen LogP contribution in [0.15, 0.2) is 53.7 Å². The van der Waals surface area contributed by atoms with Gasteiger partial charge in [0.05, 0.1) is 18.9 Å². The van der Waals surface area contributed by atoms with E-state index in [2.05, 4.69) is 15.5 Å². The Morgan fingerprint density at radius 1 is 1.13 bits per heavy atom. The predicted octanol–water partition coefficient (Wildman–Crippen LogP) is 4.12. The summed E-state index contributed by atoms with van der Waals surface area (Å²) in [4.78, 5) is 24.5. The minimum atomic E-state index is -0.366. The van der Waals surface area contributed by atoms with Gasteiger partial charge in [-0.3, -0.25) is 9.59 Å². The molecule has 0 fully saturated rings. The molecule has 0 atom stereocenters. The van der Waals surface area contributed by atoms with Crippen molar-refractivity contribution in [2.75, 3.05) is 17.7 Å². The number of halogens is 1. The molecule has 162 valence electrons. The van der Waals surface area contributed by atoms with Crippen molar-refractivity contribution in [3.8, 4) is 0 Å². The standard InChI is InChI=1S/C22H23ClN4O3S/c1-3-30-21(29)12-19-25-26-22(27(19)13-16-8-5-4-6-9-16)31-14-20(28)24-18-11-7-10-17(23)15(18)2/h4-11H,3,12-14H2,1-2H3,(H,24,28). The molecule has 7 nitrogen and oxygen atoms in total. The van der Waals surface area contributed by atoms with Gasteiger partial charge in [0.1, 0.15) is 12.2 Å². The number of nitrogens with zero attached hydrogens (tertiary/aromatic N) is 3. The Morgan fingerprint density at radius 2 is 1.90 bits per heavy atom. The number of carbonyl (C=O) groups excluding carboxylic acids is 2. The number of esters is 1. The fourth-order valence-corrected chi connectivity index (χ4v) is 3.81. The van der Waals surface area contributed by atoms with Crippen LogP contribution in [0.25, 0.3) is 0 Å². The lowest BCUT2D eigenvalue weighted by atomic mass is 10.2. The second-order valence-corrected chi connectivity index (χ2v) is 8.05. The van der Waals surface area contributed by atoms with Crippen LogP contribution in [0.4, 0.5) is 5.69 Å². The van der Waals surface area contributed by atoms with Gasteiger partial charge >= 0.3 is 5.97 Å². The van der Waals surface area contributed by atoms with E-state index in [1.807, 2.05) is 41.8 Å². The van der Waals surface area contributed by atoms with Crippen LogP contribution in [0.2, 0.25) is 5.02 Å². The largest absolute Gasteiger partial charge is 0.466 e. The second kappa shape index (κ2) is 11.0. The monoisotopic (exact) mass is 458 g/mol. The van der Waals surface area contributed by atoms with E-state index in [0.717, 1.165) is 11.1 Å². The van der Waals surface area contributed by atoms with E-state index in [9.17, 15) is 9.59 Å². The van der Waals surface area contributed by atoms with E-state index in [0.29, 0.717) is 34.8 Å². The Bertz CT molecular complexity index is 1060. The highest BCUT2D eigenvalue weighted by molar-refractivity contribution is 7.99. The molecule has 0 radical (unpaired) electrons. The number of ether oxygens (including phenoxy) is 1. The van der Waals surface area contributed by atoms with Gasteiger partial charge in [-0.15, -0.1) is 10.2 Å². The number of carbonyl (C=O) groups is 2. The highest BCUT2D eigenvalue weighted by Crippen LogP contribution is 2.24. The molecular weight excluding hydrogens is 436 g/mol. The Hall–Kier alpha value is -2.84. The number of nitrogens with one attached hydrogen (secondary N) is 1. The average molecular weight is 459 g/mol. The number of aromatic nitrogens is 3. The first-order valence-corrected chi connectivity index (χ1v) is 11.1. The van der Waals surface area contributed by atoms with Crippen molar-refractivity contribution in [3.63, 3.8) is 0 Å². The van der Waals surface area contributed by atoms with Crippen LogP contribution in [0, 0.1) is 6.92 Å². The molecule has 31 heavy (non-hydrogen) atoms. The summed E-state index contributed by atoms with van der Waals surface area (Å²) in [6.45, 7) is 4.40. The van der Waals surface area contributed by atoms with Crippen LogP contribution in [0.5, 0.6) is 0 Å². The molecule has 1 heterocycles. The fourth-order valence-electron chi connectivity index (χ4n) is 2.88. The lowest BCUT2D eigenvalue weighted by Gasteiger charge is -2.11. The SMILES string of the molecule is CCOC(=O)Cc1nnc(SCC(=O)Nc2cccc(Cl)c2C)n1Cc1ccccc1. The maximum absolute atomic E-state index is 12.5. The second-order valence-electron chi connectivity index (χ2n) is 6.70. The zero-order valence-electron chi connectivity index (χ0n) is 17.3. The number of benzene rings is 2. The van der Waals surface area contributed by atoms with E-state index in [1.165, 1.54) is 11.8 Å². The summed E-state index contributed by atoms with van der Waals surface area (Å²) in [6, 6.07) is 15.2. The van der Waals surface area contributed by atoms with Crippen LogP contribution >= 0.6 is 23.4 Å². The van der Waals surface area contributed by atoms with Gasteiger partial charge in [-0.1, -0.05) is 59.8 Å². The topological polar surface area (TPSA) is 86.1 Å². The summed E-state index contributed by atoms with van der Waals surface area (Å²) >= 11 is 7.38. The summed E-state index contributed by atoms with van der Waals surface area (Å²) in [6.07, 6.45) is 0.0160. The van der Waals surface area contributed by atoms with E-state index in [4.69, 9.17) is 16.3 Å². The lowest BCUT2D eigenvalue weighted by molar-refractivity contribution is -0.142. The van der Waals surface area contributed by atoms with Crippen molar-refractivity contribution in [1.82, 2.24) is 14.8 Å². The maximum Gasteiger partial charge on any atom is 0.313 e. The van der Waals surface area contributed by atoms with Gasteiger partial charge in [-0.25, -0.2) is 0 Å². The van der Waals surface area contributed by atoms with Gasteiger partial charge in [0.25, 0.3) is 0 Å². The van der Waals surface area contributed by atoms with Crippen LogP contribution in [0.3, 0.4) is 0 Å². The lowest BCUT2D eigenvalue weighted by Crippen LogP contribution is -2.16. The molecule has 0 aliphatic rings.